The van der Waals surface area contributed by atoms with E-state index in [1.807, 2.05) is 44.2 Å². The molecule has 0 aliphatic rings. The van der Waals surface area contributed by atoms with Crippen molar-refractivity contribution in [2.45, 2.75) is 44.7 Å². The highest BCUT2D eigenvalue weighted by Gasteiger charge is 2.34. The molecule has 37 heavy (non-hydrogen) atoms. The molecule has 0 aliphatic heterocycles. The molecule has 0 saturated carbocycles. The summed E-state index contributed by atoms with van der Waals surface area (Å²) in [5.41, 5.74) is 2.56. The van der Waals surface area contributed by atoms with Crippen LogP contribution in [0.25, 0.3) is 0 Å². The predicted molar refractivity (Wildman–Crippen MR) is 147 cm³/mol. The van der Waals surface area contributed by atoms with Crippen LogP contribution in [0.4, 0.5) is 5.69 Å². The number of rotatable bonds is 10. The molecule has 0 heterocycles. The first-order valence-electron chi connectivity index (χ1n) is 12.0. The van der Waals surface area contributed by atoms with Crippen LogP contribution in [0.15, 0.2) is 77.7 Å². The number of likely N-dealkylation sites (N-methyl/N-ethyl adjacent to an activating group) is 1. The molecule has 3 aromatic carbocycles. The zero-order valence-electron chi connectivity index (χ0n) is 21.4. The van der Waals surface area contributed by atoms with E-state index in [4.69, 9.17) is 11.6 Å². The van der Waals surface area contributed by atoms with E-state index in [1.54, 1.807) is 37.3 Å². The number of halogens is 1. The summed E-state index contributed by atoms with van der Waals surface area (Å²) >= 11 is 6.34. The minimum atomic E-state index is -4.14. The molecule has 0 fully saturated rings. The summed E-state index contributed by atoms with van der Waals surface area (Å²) in [6.45, 7) is 5.04. The molecule has 0 spiro atoms. The first-order valence-corrected chi connectivity index (χ1v) is 13.8. The first kappa shape index (κ1) is 28.2. The zero-order chi connectivity index (χ0) is 27.2. The Morgan fingerprint density at radius 2 is 1.59 bits per heavy atom. The lowest BCUT2D eigenvalue weighted by Crippen LogP contribution is -2.51. The number of hydrogen-bond donors (Lipinski definition) is 1. The second-order valence-electron chi connectivity index (χ2n) is 8.75. The lowest BCUT2D eigenvalue weighted by atomic mass is 10.1. The van der Waals surface area contributed by atoms with Crippen molar-refractivity contribution in [3.05, 3.63) is 94.5 Å². The van der Waals surface area contributed by atoms with Gasteiger partial charge in [0.05, 0.1) is 10.6 Å². The number of sulfonamides is 1. The topological polar surface area (TPSA) is 86.8 Å². The molecule has 0 saturated heterocycles. The fourth-order valence-electron chi connectivity index (χ4n) is 4.08. The van der Waals surface area contributed by atoms with Crippen LogP contribution in [0, 0.1) is 13.8 Å². The normalized spacial score (nSPS) is 12.0. The summed E-state index contributed by atoms with van der Waals surface area (Å²) in [6, 6.07) is 19.9. The maximum Gasteiger partial charge on any atom is 0.264 e. The minimum absolute atomic E-state index is 0.0539. The van der Waals surface area contributed by atoms with E-state index in [2.05, 4.69) is 5.32 Å². The third-order valence-corrected chi connectivity index (χ3v) is 8.41. The molecule has 3 aromatic rings. The molecule has 9 heteroatoms. The van der Waals surface area contributed by atoms with Gasteiger partial charge in [-0.3, -0.25) is 13.9 Å². The average molecular weight is 542 g/mol. The number of carbonyl (C=O) groups is 2. The Bertz CT molecular complexity index is 1350. The van der Waals surface area contributed by atoms with Crippen molar-refractivity contribution in [3.63, 3.8) is 0 Å². The SMILES string of the molecule is CCC(C(=O)NC)N(Cc1ccccc1)C(=O)CN(c1cccc(Cl)c1C)S(=O)(=O)c1ccc(C)cc1. The number of anilines is 1. The summed E-state index contributed by atoms with van der Waals surface area (Å²) in [5.74, 6) is -0.826. The van der Waals surface area contributed by atoms with Crippen LogP contribution in [0.1, 0.15) is 30.0 Å². The summed E-state index contributed by atoms with van der Waals surface area (Å²) in [5, 5.41) is 3.00. The van der Waals surface area contributed by atoms with Crippen molar-refractivity contribution in [3.8, 4) is 0 Å². The highest BCUT2D eigenvalue weighted by molar-refractivity contribution is 7.92. The molecule has 0 aromatic heterocycles. The van der Waals surface area contributed by atoms with Gasteiger partial charge >= 0.3 is 0 Å². The van der Waals surface area contributed by atoms with Gasteiger partial charge in [-0.15, -0.1) is 0 Å². The van der Waals surface area contributed by atoms with Crippen molar-refractivity contribution in [2.75, 3.05) is 17.9 Å². The number of benzene rings is 3. The van der Waals surface area contributed by atoms with Gasteiger partial charge < -0.3 is 10.2 Å². The van der Waals surface area contributed by atoms with Crippen LogP contribution < -0.4 is 9.62 Å². The molecule has 0 aliphatic carbocycles. The average Bonchev–Trinajstić information content (AvgIpc) is 2.89. The third-order valence-electron chi connectivity index (χ3n) is 6.22. The lowest BCUT2D eigenvalue weighted by Gasteiger charge is -2.33. The molecular weight excluding hydrogens is 510 g/mol. The van der Waals surface area contributed by atoms with E-state index in [0.29, 0.717) is 22.7 Å². The van der Waals surface area contributed by atoms with Crippen molar-refractivity contribution in [1.82, 2.24) is 10.2 Å². The molecule has 0 radical (unpaired) electrons. The quantitative estimate of drug-likeness (QED) is 0.403. The van der Waals surface area contributed by atoms with Crippen LogP contribution in [0.5, 0.6) is 0 Å². The van der Waals surface area contributed by atoms with Gasteiger partial charge in [-0.05, 0) is 55.7 Å². The molecule has 2 amide bonds. The molecule has 1 unspecified atom stereocenters. The van der Waals surface area contributed by atoms with Gasteiger partial charge in [0.15, 0.2) is 0 Å². The standard InChI is InChI=1S/C28H32ClN3O4S/c1-5-25(28(34)30-4)31(18-22-10-7-6-8-11-22)27(33)19-32(26-13-9-12-24(29)21(26)3)37(35,36)23-16-14-20(2)15-17-23/h6-17,25H,5,18-19H2,1-4H3,(H,30,34). The van der Waals surface area contributed by atoms with Crippen molar-refractivity contribution in [2.24, 2.45) is 0 Å². The number of nitrogens with zero attached hydrogens (tertiary/aromatic N) is 2. The summed E-state index contributed by atoms with van der Waals surface area (Å²) < 4.78 is 28.9. The Hall–Kier alpha value is -3.36. The Morgan fingerprint density at radius 1 is 0.946 bits per heavy atom. The van der Waals surface area contributed by atoms with E-state index < -0.39 is 28.5 Å². The van der Waals surface area contributed by atoms with Crippen LogP contribution in [0.3, 0.4) is 0 Å². The van der Waals surface area contributed by atoms with E-state index >= 15 is 0 Å². The first-order chi connectivity index (χ1) is 17.6. The maximum absolute atomic E-state index is 13.9. The third kappa shape index (κ3) is 6.50. The number of hydrogen-bond acceptors (Lipinski definition) is 4. The molecule has 0 bridgehead atoms. The van der Waals surface area contributed by atoms with Gasteiger partial charge in [0, 0.05) is 18.6 Å². The number of aryl methyl sites for hydroxylation is 1. The van der Waals surface area contributed by atoms with Crippen molar-refractivity contribution >= 4 is 39.1 Å². The highest BCUT2D eigenvalue weighted by Crippen LogP contribution is 2.31. The highest BCUT2D eigenvalue weighted by atomic mass is 35.5. The van der Waals surface area contributed by atoms with Crippen LogP contribution in [-0.2, 0) is 26.2 Å². The Morgan fingerprint density at radius 3 is 2.19 bits per heavy atom. The number of nitrogens with one attached hydrogen (secondary N) is 1. The predicted octanol–water partition coefficient (Wildman–Crippen LogP) is 4.71. The van der Waals surface area contributed by atoms with Gasteiger partial charge in [0.1, 0.15) is 12.6 Å². The monoisotopic (exact) mass is 541 g/mol. The molecular formula is C28H32ClN3O4S. The van der Waals surface area contributed by atoms with Gasteiger partial charge in [0.25, 0.3) is 10.0 Å². The largest absolute Gasteiger partial charge is 0.357 e. The van der Waals surface area contributed by atoms with E-state index in [1.165, 1.54) is 24.1 Å². The van der Waals surface area contributed by atoms with Gasteiger partial charge in [-0.1, -0.05) is 72.6 Å². The molecule has 7 nitrogen and oxygen atoms in total. The second kappa shape index (κ2) is 12.3. The number of amides is 2. The van der Waals surface area contributed by atoms with Gasteiger partial charge in [-0.25, -0.2) is 8.42 Å². The zero-order valence-corrected chi connectivity index (χ0v) is 23.0. The molecule has 1 atom stereocenters. The van der Waals surface area contributed by atoms with Crippen LogP contribution >= 0.6 is 11.6 Å². The van der Waals surface area contributed by atoms with Gasteiger partial charge in [0.2, 0.25) is 11.8 Å². The lowest BCUT2D eigenvalue weighted by molar-refractivity contribution is -0.140. The van der Waals surface area contributed by atoms with Crippen molar-refractivity contribution in [1.29, 1.82) is 0 Å². The number of carbonyl (C=O) groups excluding carboxylic acids is 2. The summed E-state index contributed by atoms with van der Waals surface area (Å²) in [6.07, 6.45) is 0.360. The van der Waals surface area contributed by atoms with E-state index in [9.17, 15) is 18.0 Å². The maximum atomic E-state index is 13.9. The minimum Gasteiger partial charge on any atom is -0.357 e. The molecule has 196 valence electrons. The summed E-state index contributed by atoms with van der Waals surface area (Å²) in [4.78, 5) is 28.1. The Kier molecular flexibility index (Phi) is 9.34. The Labute approximate surface area is 224 Å². The second-order valence-corrected chi connectivity index (χ2v) is 11.0. The molecule has 1 N–H and O–H groups in total. The van der Waals surface area contributed by atoms with Crippen LogP contribution in [0.2, 0.25) is 5.02 Å². The molecule has 3 rings (SSSR count). The van der Waals surface area contributed by atoms with E-state index in [0.717, 1.165) is 15.4 Å². The fourth-order valence-corrected chi connectivity index (χ4v) is 5.72. The van der Waals surface area contributed by atoms with E-state index in [-0.39, 0.29) is 17.3 Å². The van der Waals surface area contributed by atoms with Crippen molar-refractivity contribution < 1.29 is 18.0 Å². The van der Waals surface area contributed by atoms with Crippen LogP contribution in [-0.4, -0.2) is 44.8 Å². The van der Waals surface area contributed by atoms with Gasteiger partial charge in [-0.2, -0.15) is 0 Å². The summed E-state index contributed by atoms with van der Waals surface area (Å²) in [7, 11) is -2.63. The Balaban J connectivity index is 2.10. The smallest absolute Gasteiger partial charge is 0.264 e. The fraction of sp³-hybridized carbons (Fsp3) is 0.286.